The molecule has 0 spiro atoms. The summed E-state index contributed by atoms with van der Waals surface area (Å²) in [7, 11) is 4.02. The molecule has 3 rings (SSSR count). The van der Waals surface area contributed by atoms with Gasteiger partial charge in [0.25, 0.3) is 0 Å². The number of benzene rings is 1. The number of likely N-dealkylation sites (N-methyl/N-ethyl adjacent to an activating group) is 1. The Morgan fingerprint density at radius 1 is 1.29 bits per heavy atom. The molecule has 3 heteroatoms. The molecular formula is C14H20BrNO. The second kappa shape index (κ2) is 4.99. The molecule has 1 unspecified atom stereocenters. The van der Waals surface area contributed by atoms with Crippen molar-refractivity contribution < 1.29 is 4.74 Å². The molecule has 0 bridgehead atoms. The van der Waals surface area contributed by atoms with Gasteiger partial charge in [0, 0.05) is 13.1 Å². The van der Waals surface area contributed by atoms with E-state index in [1.54, 1.807) is 18.2 Å². The Kier molecular flexibility index (Phi) is 3.79. The summed E-state index contributed by atoms with van der Waals surface area (Å²) in [5.74, 6) is 1.84. The van der Waals surface area contributed by atoms with E-state index >= 15 is 0 Å². The molecule has 94 valence electrons. The number of hydrogen-bond donors (Lipinski definition) is 0. The quantitative estimate of drug-likeness (QED) is 0.790. The summed E-state index contributed by atoms with van der Waals surface area (Å²) in [4.78, 5) is 2.46. The van der Waals surface area contributed by atoms with E-state index in [0.29, 0.717) is 0 Å². The Hall–Kier alpha value is -0.540. The molecule has 1 aromatic carbocycles. The van der Waals surface area contributed by atoms with E-state index in [2.05, 4.69) is 24.1 Å². The molecule has 0 N–H and O–H groups in total. The smallest absolute Gasteiger partial charge is 0.122 e. The summed E-state index contributed by atoms with van der Waals surface area (Å²) in [6.45, 7) is 2.37. The maximum absolute atomic E-state index is 5.52. The first-order valence-corrected chi connectivity index (χ1v) is 6.17. The first-order valence-electron chi connectivity index (χ1n) is 6.17. The van der Waals surface area contributed by atoms with Crippen molar-refractivity contribution in [3.8, 4) is 5.75 Å². The second-order valence-electron chi connectivity index (χ2n) is 5.07. The highest BCUT2D eigenvalue weighted by Gasteiger charge is 2.30. The average Bonchev–Trinajstić information content (AvgIpc) is 2.61. The van der Waals surface area contributed by atoms with Gasteiger partial charge in [0.15, 0.2) is 0 Å². The third-order valence-corrected chi connectivity index (χ3v) is 4.07. The maximum atomic E-state index is 5.52. The van der Waals surface area contributed by atoms with Crippen LogP contribution in [0.5, 0.6) is 5.75 Å². The molecule has 1 aromatic rings. The van der Waals surface area contributed by atoms with Gasteiger partial charge < -0.3 is 9.64 Å². The minimum absolute atomic E-state index is 0. The monoisotopic (exact) mass is 297 g/mol. The van der Waals surface area contributed by atoms with Gasteiger partial charge in [-0.1, -0.05) is 6.07 Å². The number of ether oxygens (including phenoxy) is 1. The van der Waals surface area contributed by atoms with Gasteiger partial charge in [-0.05, 0) is 55.0 Å². The number of methoxy groups -OCH3 is 1. The molecule has 0 fully saturated rings. The predicted octanol–water partition coefficient (Wildman–Crippen LogP) is 2.79. The summed E-state index contributed by atoms with van der Waals surface area (Å²) >= 11 is 0. The van der Waals surface area contributed by atoms with Gasteiger partial charge in [0.2, 0.25) is 0 Å². The fourth-order valence-corrected chi connectivity index (χ4v) is 3.30. The van der Waals surface area contributed by atoms with Gasteiger partial charge in [0.1, 0.15) is 5.75 Å². The molecule has 0 amide bonds. The third kappa shape index (κ3) is 2.11. The highest BCUT2D eigenvalue weighted by Crippen LogP contribution is 2.41. The summed E-state index contributed by atoms with van der Waals surface area (Å²) in [6, 6.07) is 4.42. The number of halogens is 1. The molecule has 0 saturated carbocycles. The average molecular weight is 298 g/mol. The van der Waals surface area contributed by atoms with Gasteiger partial charge in [-0.2, -0.15) is 0 Å². The lowest BCUT2D eigenvalue weighted by Crippen LogP contribution is -2.23. The van der Waals surface area contributed by atoms with Crippen molar-refractivity contribution in [1.82, 2.24) is 4.90 Å². The van der Waals surface area contributed by atoms with Crippen LogP contribution in [0, 0.1) is 0 Å². The van der Waals surface area contributed by atoms with Crippen LogP contribution in [0.2, 0.25) is 0 Å². The molecule has 0 saturated heterocycles. The third-order valence-electron chi connectivity index (χ3n) is 4.07. The Morgan fingerprint density at radius 2 is 2.12 bits per heavy atom. The SMILES string of the molecule is Br.COc1ccc2c3c1CCN(C)CC3CC2. The summed E-state index contributed by atoms with van der Waals surface area (Å²) in [5, 5.41) is 0. The van der Waals surface area contributed by atoms with Crippen molar-refractivity contribution in [1.29, 1.82) is 0 Å². The zero-order chi connectivity index (χ0) is 11.1. The van der Waals surface area contributed by atoms with Gasteiger partial charge >= 0.3 is 0 Å². The number of rotatable bonds is 1. The molecule has 0 aromatic heterocycles. The minimum atomic E-state index is 0. The topological polar surface area (TPSA) is 12.5 Å². The second-order valence-corrected chi connectivity index (χ2v) is 5.07. The molecule has 1 heterocycles. The normalized spacial score (nSPS) is 22.6. The van der Waals surface area contributed by atoms with Gasteiger partial charge in [-0.3, -0.25) is 0 Å². The minimum Gasteiger partial charge on any atom is -0.496 e. The van der Waals surface area contributed by atoms with E-state index in [0.717, 1.165) is 24.6 Å². The molecule has 1 aliphatic heterocycles. The molecule has 0 radical (unpaired) electrons. The predicted molar refractivity (Wildman–Crippen MR) is 75.6 cm³/mol. The van der Waals surface area contributed by atoms with Crippen LogP contribution in [0.1, 0.15) is 29.0 Å². The van der Waals surface area contributed by atoms with Crippen molar-refractivity contribution in [3.63, 3.8) is 0 Å². The number of aryl methyl sites for hydroxylation is 1. The van der Waals surface area contributed by atoms with E-state index < -0.39 is 0 Å². The van der Waals surface area contributed by atoms with Crippen LogP contribution in [0.3, 0.4) is 0 Å². The Morgan fingerprint density at radius 3 is 2.88 bits per heavy atom. The maximum Gasteiger partial charge on any atom is 0.122 e. The van der Waals surface area contributed by atoms with E-state index in [1.165, 1.54) is 24.9 Å². The molecule has 2 aliphatic rings. The van der Waals surface area contributed by atoms with Crippen LogP contribution in [0.15, 0.2) is 12.1 Å². The van der Waals surface area contributed by atoms with Crippen molar-refractivity contribution in [3.05, 3.63) is 28.8 Å². The van der Waals surface area contributed by atoms with Crippen molar-refractivity contribution in [2.45, 2.75) is 25.2 Å². The molecule has 1 aliphatic carbocycles. The fourth-order valence-electron chi connectivity index (χ4n) is 3.30. The van der Waals surface area contributed by atoms with Crippen LogP contribution in [-0.4, -0.2) is 32.1 Å². The Bertz CT molecular complexity index is 419. The first kappa shape index (κ1) is 12.9. The van der Waals surface area contributed by atoms with Crippen LogP contribution in [0.4, 0.5) is 0 Å². The lowest BCUT2D eigenvalue weighted by molar-refractivity contribution is 0.323. The summed E-state index contributed by atoms with van der Waals surface area (Å²) < 4.78 is 5.52. The molecule has 17 heavy (non-hydrogen) atoms. The fraction of sp³-hybridized carbons (Fsp3) is 0.571. The number of nitrogens with zero attached hydrogens (tertiary/aromatic N) is 1. The first-order chi connectivity index (χ1) is 7.79. The van der Waals surface area contributed by atoms with Gasteiger partial charge in [0.05, 0.1) is 7.11 Å². The zero-order valence-corrected chi connectivity index (χ0v) is 12.2. The van der Waals surface area contributed by atoms with Crippen LogP contribution in [0.25, 0.3) is 0 Å². The van der Waals surface area contributed by atoms with E-state index in [-0.39, 0.29) is 17.0 Å². The van der Waals surface area contributed by atoms with Crippen molar-refractivity contribution >= 4 is 17.0 Å². The standard InChI is InChI=1S/C14H19NO.BrH/c1-15-8-7-12-13(16-2)6-5-10-3-4-11(9-15)14(10)12;/h5-6,11H,3-4,7-9H2,1-2H3;1H. The van der Waals surface area contributed by atoms with Crippen LogP contribution in [-0.2, 0) is 12.8 Å². The zero-order valence-electron chi connectivity index (χ0n) is 10.5. The molecular weight excluding hydrogens is 278 g/mol. The van der Waals surface area contributed by atoms with Crippen molar-refractivity contribution in [2.24, 2.45) is 0 Å². The highest BCUT2D eigenvalue weighted by molar-refractivity contribution is 8.93. The van der Waals surface area contributed by atoms with Crippen molar-refractivity contribution in [2.75, 3.05) is 27.2 Å². The highest BCUT2D eigenvalue weighted by atomic mass is 79.9. The van der Waals surface area contributed by atoms with Crippen LogP contribution < -0.4 is 4.74 Å². The summed E-state index contributed by atoms with van der Waals surface area (Å²) in [5.41, 5.74) is 4.66. The Labute approximate surface area is 114 Å². The van der Waals surface area contributed by atoms with E-state index in [4.69, 9.17) is 4.74 Å². The summed E-state index contributed by atoms with van der Waals surface area (Å²) in [6.07, 6.45) is 3.71. The van der Waals surface area contributed by atoms with Crippen LogP contribution >= 0.6 is 17.0 Å². The van der Waals surface area contributed by atoms with Gasteiger partial charge in [-0.25, -0.2) is 0 Å². The molecule has 1 atom stereocenters. The Balaban J connectivity index is 0.00000108. The largest absolute Gasteiger partial charge is 0.496 e. The van der Waals surface area contributed by atoms with E-state index in [9.17, 15) is 0 Å². The lowest BCUT2D eigenvalue weighted by Gasteiger charge is -2.17. The molecule has 2 nitrogen and oxygen atoms in total. The van der Waals surface area contributed by atoms with Gasteiger partial charge in [-0.15, -0.1) is 17.0 Å². The number of hydrogen-bond acceptors (Lipinski definition) is 2. The lowest BCUT2D eigenvalue weighted by atomic mass is 9.94. The van der Waals surface area contributed by atoms with E-state index in [1.807, 2.05) is 0 Å².